The molecule has 2 atom stereocenters. The Labute approximate surface area is 121 Å². The molecule has 4 nitrogen and oxygen atoms in total. The number of aliphatic hydroxyl groups is 1. The van der Waals surface area contributed by atoms with Gasteiger partial charge >= 0.3 is 0 Å². The predicted molar refractivity (Wildman–Crippen MR) is 79.3 cm³/mol. The lowest BCUT2D eigenvalue weighted by atomic mass is 9.80. The van der Waals surface area contributed by atoms with E-state index in [1.807, 2.05) is 24.3 Å². The van der Waals surface area contributed by atoms with Gasteiger partial charge in [-0.3, -0.25) is 0 Å². The van der Waals surface area contributed by atoms with E-state index in [4.69, 9.17) is 9.47 Å². The van der Waals surface area contributed by atoms with Crippen LogP contribution >= 0.6 is 0 Å². The standard InChI is InChI=1S/C16H25NO3/c1-12(13-6-5-7-13)17-10-14(18)11-20-16-9-4-3-8-15(16)19-2/h3-4,8-9,12-14,17-18H,5-7,10-11H2,1-2H3. The summed E-state index contributed by atoms with van der Waals surface area (Å²) in [5.41, 5.74) is 0. The molecule has 0 bridgehead atoms. The number of aliphatic hydroxyl groups excluding tert-OH is 1. The molecule has 112 valence electrons. The fraction of sp³-hybridized carbons (Fsp3) is 0.625. The van der Waals surface area contributed by atoms with E-state index in [-0.39, 0.29) is 6.61 Å². The van der Waals surface area contributed by atoms with Crippen LogP contribution in [0.5, 0.6) is 11.5 Å². The molecule has 1 aliphatic rings. The molecular weight excluding hydrogens is 254 g/mol. The summed E-state index contributed by atoms with van der Waals surface area (Å²) in [6, 6.07) is 7.95. The number of nitrogens with one attached hydrogen (secondary N) is 1. The first-order valence-electron chi connectivity index (χ1n) is 7.38. The van der Waals surface area contributed by atoms with Gasteiger partial charge in [0.15, 0.2) is 11.5 Å². The van der Waals surface area contributed by atoms with Crippen LogP contribution in [0.2, 0.25) is 0 Å². The molecule has 0 heterocycles. The molecule has 4 heteroatoms. The van der Waals surface area contributed by atoms with Gasteiger partial charge in [0.25, 0.3) is 0 Å². The summed E-state index contributed by atoms with van der Waals surface area (Å²) in [6.07, 6.45) is 3.45. The monoisotopic (exact) mass is 279 g/mol. The second kappa shape index (κ2) is 7.50. The van der Waals surface area contributed by atoms with Gasteiger partial charge in [-0.25, -0.2) is 0 Å². The van der Waals surface area contributed by atoms with Gasteiger partial charge in [0.2, 0.25) is 0 Å². The highest BCUT2D eigenvalue weighted by atomic mass is 16.5. The van der Waals surface area contributed by atoms with E-state index in [9.17, 15) is 5.11 Å². The average Bonchev–Trinajstić information content (AvgIpc) is 2.41. The number of para-hydroxylation sites is 2. The molecule has 2 unspecified atom stereocenters. The second-order valence-electron chi connectivity index (χ2n) is 5.50. The quantitative estimate of drug-likeness (QED) is 0.766. The maximum atomic E-state index is 9.97. The molecule has 1 fully saturated rings. The van der Waals surface area contributed by atoms with Crippen LogP contribution in [0, 0.1) is 5.92 Å². The zero-order chi connectivity index (χ0) is 14.4. The van der Waals surface area contributed by atoms with E-state index < -0.39 is 6.10 Å². The second-order valence-corrected chi connectivity index (χ2v) is 5.50. The molecule has 0 radical (unpaired) electrons. The molecule has 2 rings (SSSR count). The van der Waals surface area contributed by atoms with Crippen LogP contribution in [0.25, 0.3) is 0 Å². The number of ether oxygens (including phenoxy) is 2. The van der Waals surface area contributed by atoms with Crippen molar-refractivity contribution in [2.24, 2.45) is 5.92 Å². The van der Waals surface area contributed by atoms with E-state index >= 15 is 0 Å². The van der Waals surface area contributed by atoms with Crippen LogP contribution in [0.1, 0.15) is 26.2 Å². The van der Waals surface area contributed by atoms with Gasteiger partial charge in [-0.05, 0) is 37.8 Å². The maximum absolute atomic E-state index is 9.97. The van der Waals surface area contributed by atoms with E-state index in [0.29, 0.717) is 24.1 Å². The molecule has 0 aromatic heterocycles. The topological polar surface area (TPSA) is 50.7 Å². The summed E-state index contributed by atoms with van der Waals surface area (Å²) < 4.78 is 10.8. The molecule has 20 heavy (non-hydrogen) atoms. The van der Waals surface area contributed by atoms with Crippen molar-refractivity contribution in [1.29, 1.82) is 0 Å². The Hall–Kier alpha value is -1.26. The van der Waals surface area contributed by atoms with Crippen molar-refractivity contribution in [1.82, 2.24) is 5.32 Å². The molecule has 0 saturated heterocycles. The SMILES string of the molecule is COc1ccccc1OCC(O)CNC(C)C1CCC1. The molecule has 1 aromatic rings. The molecular formula is C16H25NO3. The van der Waals surface area contributed by atoms with Gasteiger partial charge in [-0.15, -0.1) is 0 Å². The molecule has 0 aliphatic heterocycles. The zero-order valence-electron chi connectivity index (χ0n) is 12.3. The number of hydrogen-bond acceptors (Lipinski definition) is 4. The van der Waals surface area contributed by atoms with Crippen molar-refractivity contribution in [3.63, 3.8) is 0 Å². The Morgan fingerprint density at radius 2 is 2.00 bits per heavy atom. The lowest BCUT2D eigenvalue weighted by molar-refractivity contribution is 0.0967. The van der Waals surface area contributed by atoms with Gasteiger partial charge in [-0.1, -0.05) is 18.6 Å². The van der Waals surface area contributed by atoms with Gasteiger partial charge in [0, 0.05) is 12.6 Å². The highest BCUT2D eigenvalue weighted by Crippen LogP contribution is 2.29. The minimum absolute atomic E-state index is 0.269. The van der Waals surface area contributed by atoms with Crippen LogP contribution in [0.3, 0.4) is 0 Å². The number of rotatable bonds is 8. The van der Waals surface area contributed by atoms with Crippen molar-refractivity contribution >= 4 is 0 Å². The van der Waals surface area contributed by atoms with E-state index in [1.165, 1.54) is 19.3 Å². The third kappa shape index (κ3) is 4.12. The average molecular weight is 279 g/mol. The van der Waals surface area contributed by atoms with Gasteiger partial charge < -0.3 is 19.9 Å². The summed E-state index contributed by atoms with van der Waals surface area (Å²) in [7, 11) is 1.61. The molecule has 2 N–H and O–H groups in total. The first-order valence-corrected chi connectivity index (χ1v) is 7.38. The van der Waals surface area contributed by atoms with Crippen LogP contribution in [-0.2, 0) is 0 Å². The van der Waals surface area contributed by atoms with Gasteiger partial charge in [0.1, 0.15) is 12.7 Å². The number of methoxy groups -OCH3 is 1. The Bertz CT molecular complexity index is 406. The minimum atomic E-state index is -0.512. The summed E-state index contributed by atoms with van der Waals surface area (Å²) in [5, 5.41) is 13.4. The highest BCUT2D eigenvalue weighted by molar-refractivity contribution is 5.39. The summed E-state index contributed by atoms with van der Waals surface area (Å²) >= 11 is 0. The fourth-order valence-corrected chi connectivity index (χ4v) is 2.41. The Morgan fingerprint density at radius 1 is 1.30 bits per heavy atom. The fourth-order valence-electron chi connectivity index (χ4n) is 2.41. The smallest absolute Gasteiger partial charge is 0.161 e. The Balaban J connectivity index is 1.70. The molecule has 1 aliphatic carbocycles. The number of hydrogen-bond donors (Lipinski definition) is 2. The van der Waals surface area contributed by atoms with Crippen LogP contribution in [0.4, 0.5) is 0 Å². The van der Waals surface area contributed by atoms with Crippen LogP contribution < -0.4 is 14.8 Å². The highest BCUT2D eigenvalue weighted by Gasteiger charge is 2.23. The van der Waals surface area contributed by atoms with Crippen molar-refractivity contribution in [3.05, 3.63) is 24.3 Å². The van der Waals surface area contributed by atoms with Gasteiger partial charge in [-0.2, -0.15) is 0 Å². The van der Waals surface area contributed by atoms with E-state index in [1.54, 1.807) is 7.11 Å². The van der Waals surface area contributed by atoms with Crippen molar-refractivity contribution in [2.75, 3.05) is 20.3 Å². The van der Waals surface area contributed by atoms with Crippen molar-refractivity contribution in [3.8, 4) is 11.5 Å². The lowest BCUT2D eigenvalue weighted by Crippen LogP contribution is -2.42. The zero-order valence-corrected chi connectivity index (χ0v) is 12.3. The molecule has 0 spiro atoms. The summed E-state index contributed by atoms with van der Waals surface area (Å²) in [4.78, 5) is 0. The van der Waals surface area contributed by atoms with E-state index in [0.717, 1.165) is 5.92 Å². The number of benzene rings is 1. The molecule has 1 saturated carbocycles. The van der Waals surface area contributed by atoms with Crippen LogP contribution in [0.15, 0.2) is 24.3 Å². The normalized spacial score (nSPS) is 18.1. The molecule has 0 amide bonds. The summed E-state index contributed by atoms with van der Waals surface area (Å²) in [6.45, 7) is 3.02. The largest absolute Gasteiger partial charge is 0.493 e. The maximum Gasteiger partial charge on any atom is 0.161 e. The van der Waals surface area contributed by atoms with Crippen molar-refractivity contribution in [2.45, 2.75) is 38.3 Å². The third-order valence-electron chi connectivity index (χ3n) is 4.03. The lowest BCUT2D eigenvalue weighted by Gasteiger charge is -2.32. The molecule has 1 aromatic carbocycles. The minimum Gasteiger partial charge on any atom is -0.493 e. The first kappa shape index (κ1) is 15.1. The third-order valence-corrected chi connectivity index (χ3v) is 4.03. The van der Waals surface area contributed by atoms with Crippen LogP contribution in [-0.4, -0.2) is 37.5 Å². The summed E-state index contributed by atoms with van der Waals surface area (Å²) in [5.74, 6) is 2.13. The van der Waals surface area contributed by atoms with E-state index in [2.05, 4.69) is 12.2 Å². The Kier molecular flexibility index (Phi) is 5.68. The first-order chi connectivity index (χ1) is 9.70. The Morgan fingerprint density at radius 3 is 2.60 bits per heavy atom. The van der Waals surface area contributed by atoms with Gasteiger partial charge in [0.05, 0.1) is 7.11 Å². The van der Waals surface area contributed by atoms with Crippen molar-refractivity contribution < 1.29 is 14.6 Å². The predicted octanol–water partition coefficient (Wildman–Crippen LogP) is 2.21.